The van der Waals surface area contributed by atoms with Gasteiger partial charge in [0.15, 0.2) is 5.95 Å². The van der Waals surface area contributed by atoms with Gasteiger partial charge in [0.1, 0.15) is 5.75 Å². The van der Waals surface area contributed by atoms with E-state index in [1.54, 1.807) is 13.2 Å². The van der Waals surface area contributed by atoms with Gasteiger partial charge in [0, 0.05) is 6.20 Å². The van der Waals surface area contributed by atoms with Gasteiger partial charge in [-0.15, -0.1) is 0 Å². The van der Waals surface area contributed by atoms with Gasteiger partial charge >= 0.3 is 0 Å². The quantitative estimate of drug-likeness (QED) is 0.787. The van der Waals surface area contributed by atoms with Crippen LogP contribution in [0.2, 0.25) is 0 Å². The van der Waals surface area contributed by atoms with Crippen LogP contribution in [0.25, 0.3) is 11.1 Å². The van der Waals surface area contributed by atoms with Crippen LogP contribution in [0.3, 0.4) is 0 Å². The number of nitrogens with two attached hydrogens (primary N) is 1. The minimum absolute atomic E-state index is 0.108. The lowest BCUT2D eigenvalue weighted by molar-refractivity contribution is 0.415. The Morgan fingerprint density at radius 3 is 2.94 bits per heavy atom. The van der Waals surface area contributed by atoms with Gasteiger partial charge in [0.25, 0.3) is 5.56 Å². The van der Waals surface area contributed by atoms with Crippen molar-refractivity contribution in [1.29, 1.82) is 0 Å². The molecule has 0 bridgehead atoms. The number of nitrogens with zero attached hydrogens (tertiary/aromatic N) is 1. The Hall–Kier alpha value is -2.30. The van der Waals surface area contributed by atoms with E-state index in [9.17, 15) is 4.79 Å². The van der Waals surface area contributed by atoms with E-state index in [0.29, 0.717) is 11.3 Å². The molecule has 0 amide bonds. The SMILES string of the molecule is COc1cccc(-c2cnc(N)[nH]c2=O)c1. The number of H-pyrrole nitrogens is 1. The molecule has 0 aliphatic carbocycles. The molecule has 1 aromatic carbocycles. The highest BCUT2D eigenvalue weighted by Gasteiger charge is 2.05. The van der Waals surface area contributed by atoms with Gasteiger partial charge < -0.3 is 10.5 Å². The molecule has 1 aromatic heterocycles. The molecule has 0 radical (unpaired) electrons. The third-order valence-corrected chi connectivity index (χ3v) is 2.20. The monoisotopic (exact) mass is 217 g/mol. The maximum atomic E-state index is 11.6. The van der Waals surface area contributed by atoms with E-state index in [-0.39, 0.29) is 11.5 Å². The van der Waals surface area contributed by atoms with Crippen LogP contribution in [-0.4, -0.2) is 17.1 Å². The molecule has 0 spiro atoms. The van der Waals surface area contributed by atoms with Crippen molar-refractivity contribution in [1.82, 2.24) is 9.97 Å². The summed E-state index contributed by atoms with van der Waals surface area (Å²) in [6, 6.07) is 7.19. The largest absolute Gasteiger partial charge is 0.497 e. The molecule has 5 nitrogen and oxygen atoms in total. The van der Waals surface area contributed by atoms with Gasteiger partial charge in [-0.3, -0.25) is 9.78 Å². The first kappa shape index (κ1) is 10.2. The first-order valence-corrected chi connectivity index (χ1v) is 4.70. The molecule has 1 heterocycles. The van der Waals surface area contributed by atoms with E-state index in [1.165, 1.54) is 6.20 Å². The van der Waals surface area contributed by atoms with Gasteiger partial charge in [-0.1, -0.05) is 12.1 Å². The highest BCUT2D eigenvalue weighted by atomic mass is 16.5. The summed E-state index contributed by atoms with van der Waals surface area (Å²) in [7, 11) is 1.57. The van der Waals surface area contributed by atoms with Crippen molar-refractivity contribution in [2.45, 2.75) is 0 Å². The molecular formula is C11H11N3O2. The van der Waals surface area contributed by atoms with Gasteiger partial charge in [-0.25, -0.2) is 4.98 Å². The van der Waals surface area contributed by atoms with Crippen molar-refractivity contribution < 1.29 is 4.74 Å². The lowest BCUT2D eigenvalue weighted by Gasteiger charge is -2.03. The normalized spacial score (nSPS) is 10.1. The fraction of sp³-hybridized carbons (Fsp3) is 0.0909. The standard InChI is InChI=1S/C11H11N3O2/c1-16-8-4-2-3-7(5-8)9-6-13-11(12)14-10(9)15/h2-6H,1H3,(H3,12,13,14,15). The second kappa shape index (κ2) is 4.06. The summed E-state index contributed by atoms with van der Waals surface area (Å²) in [6.07, 6.45) is 1.45. The number of rotatable bonds is 2. The number of nitrogens with one attached hydrogen (secondary N) is 1. The topological polar surface area (TPSA) is 81.0 Å². The predicted molar refractivity (Wildman–Crippen MR) is 61.3 cm³/mol. The van der Waals surface area contributed by atoms with Crippen LogP contribution < -0.4 is 16.0 Å². The van der Waals surface area contributed by atoms with Crippen molar-refractivity contribution in [2.75, 3.05) is 12.8 Å². The third kappa shape index (κ3) is 1.88. The Kier molecular flexibility index (Phi) is 2.59. The fourth-order valence-corrected chi connectivity index (χ4v) is 1.40. The molecule has 0 saturated carbocycles. The first-order valence-electron chi connectivity index (χ1n) is 4.70. The summed E-state index contributed by atoms with van der Waals surface area (Å²) in [5.41, 5.74) is 6.32. The van der Waals surface area contributed by atoms with E-state index >= 15 is 0 Å². The zero-order valence-corrected chi connectivity index (χ0v) is 8.73. The summed E-state index contributed by atoms with van der Waals surface area (Å²) in [5.74, 6) is 0.797. The minimum Gasteiger partial charge on any atom is -0.497 e. The molecule has 16 heavy (non-hydrogen) atoms. The number of benzene rings is 1. The molecular weight excluding hydrogens is 206 g/mol. The van der Waals surface area contributed by atoms with Crippen LogP contribution in [0.15, 0.2) is 35.3 Å². The van der Waals surface area contributed by atoms with E-state index in [4.69, 9.17) is 10.5 Å². The number of hydrogen-bond donors (Lipinski definition) is 2. The molecule has 5 heteroatoms. The van der Waals surface area contributed by atoms with Gasteiger partial charge in [0.05, 0.1) is 12.7 Å². The molecule has 0 unspecified atom stereocenters. The Bertz CT molecular complexity index is 563. The van der Waals surface area contributed by atoms with Crippen LogP contribution in [0, 0.1) is 0 Å². The zero-order valence-electron chi connectivity index (χ0n) is 8.73. The van der Waals surface area contributed by atoms with Crippen molar-refractivity contribution in [3.8, 4) is 16.9 Å². The molecule has 3 N–H and O–H groups in total. The van der Waals surface area contributed by atoms with Crippen molar-refractivity contribution >= 4 is 5.95 Å². The highest BCUT2D eigenvalue weighted by molar-refractivity contribution is 5.63. The van der Waals surface area contributed by atoms with Gasteiger partial charge in [-0.2, -0.15) is 0 Å². The summed E-state index contributed by atoms with van der Waals surface area (Å²) < 4.78 is 5.08. The molecule has 0 fully saturated rings. The highest BCUT2D eigenvalue weighted by Crippen LogP contribution is 2.20. The van der Waals surface area contributed by atoms with E-state index in [2.05, 4.69) is 9.97 Å². The average Bonchev–Trinajstić information content (AvgIpc) is 2.29. The van der Waals surface area contributed by atoms with Crippen LogP contribution in [0.5, 0.6) is 5.75 Å². The molecule has 0 aliphatic heterocycles. The van der Waals surface area contributed by atoms with Crippen molar-refractivity contribution in [3.63, 3.8) is 0 Å². The lowest BCUT2D eigenvalue weighted by atomic mass is 10.1. The van der Waals surface area contributed by atoms with Crippen LogP contribution in [0.4, 0.5) is 5.95 Å². The fourth-order valence-electron chi connectivity index (χ4n) is 1.40. The first-order chi connectivity index (χ1) is 7.70. The Balaban J connectivity index is 2.54. The predicted octanol–water partition coefficient (Wildman–Crippen LogP) is 1.03. The molecule has 0 saturated heterocycles. The maximum absolute atomic E-state index is 11.6. The second-order valence-electron chi connectivity index (χ2n) is 3.24. The van der Waals surface area contributed by atoms with Crippen molar-refractivity contribution in [3.05, 3.63) is 40.8 Å². The van der Waals surface area contributed by atoms with E-state index in [0.717, 1.165) is 5.56 Å². The number of ether oxygens (including phenoxy) is 1. The summed E-state index contributed by atoms with van der Waals surface area (Å²) in [6.45, 7) is 0. The Morgan fingerprint density at radius 1 is 1.44 bits per heavy atom. The van der Waals surface area contributed by atoms with Crippen LogP contribution >= 0.6 is 0 Å². The van der Waals surface area contributed by atoms with Gasteiger partial charge in [0.2, 0.25) is 0 Å². The summed E-state index contributed by atoms with van der Waals surface area (Å²) in [5, 5.41) is 0. The molecule has 2 rings (SSSR count). The maximum Gasteiger partial charge on any atom is 0.260 e. The smallest absolute Gasteiger partial charge is 0.260 e. The summed E-state index contributed by atoms with van der Waals surface area (Å²) >= 11 is 0. The zero-order chi connectivity index (χ0) is 11.5. The van der Waals surface area contributed by atoms with E-state index in [1.807, 2.05) is 18.2 Å². The number of methoxy groups -OCH3 is 1. The third-order valence-electron chi connectivity index (χ3n) is 2.20. The number of nitrogen functional groups attached to an aromatic ring is 1. The average molecular weight is 217 g/mol. The minimum atomic E-state index is -0.263. The van der Waals surface area contributed by atoms with Crippen LogP contribution in [-0.2, 0) is 0 Å². The number of aromatic nitrogens is 2. The number of aromatic amines is 1. The van der Waals surface area contributed by atoms with Gasteiger partial charge in [-0.05, 0) is 17.7 Å². The molecule has 2 aromatic rings. The second-order valence-corrected chi connectivity index (χ2v) is 3.24. The molecule has 0 aliphatic rings. The van der Waals surface area contributed by atoms with Crippen molar-refractivity contribution in [2.24, 2.45) is 0 Å². The lowest BCUT2D eigenvalue weighted by Crippen LogP contribution is -2.12. The molecule has 0 atom stereocenters. The number of hydrogen-bond acceptors (Lipinski definition) is 4. The van der Waals surface area contributed by atoms with E-state index < -0.39 is 0 Å². The summed E-state index contributed by atoms with van der Waals surface area (Å²) in [4.78, 5) is 17.9. The Labute approximate surface area is 91.9 Å². The molecule has 82 valence electrons. The van der Waals surface area contributed by atoms with Crippen LogP contribution in [0.1, 0.15) is 0 Å². The number of anilines is 1. The Morgan fingerprint density at radius 2 is 2.25 bits per heavy atom.